The van der Waals surface area contributed by atoms with E-state index in [1.807, 2.05) is 27.0 Å². The molecule has 1 heterocycles. The lowest BCUT2D eigenvalue weighted by Crippen LogP contribution is -2.15. The molecule has 0 aliphatic heterocycles. The van der Waals surface area contributed by atoms with Gasteiger partial charge in [-0.25, -0.2) is 0 Å². The molecule has 0 saturated carbocycles. The van der Waals surface area contributed by atoms with Crippen molar-refractivity contribution in [3.05, 3.63) is 62.9 Å². The van der Waals surface area contributed by atoms with Gasteiger partial charge in [0.05, 0.1) is 10.8 Å². The minimum absolute atomic E-state index is 0.162. The van der Waals surface area contributed by atoms with Crippen molar-refractivity contribution in [3.8, 4) is 5.75 Å². The van der Waals surface area contributed by atoms with Crippen molar-refractivity contribution in [1.29, 1.82) is 0 Å². The van der Waals surface area contributed by atoms with Crippen LogP contribution in [0.5, 0.6) is 5.75 Å². The van der Waals surface area contributed by atoms with Crippen molar-refractivity contribution < 1.29 is 9.53 Å². The quantitative estimate of drug-likeness (QED) is 0.418. The molecule has 1 aromatic heterocycles. The molecule has 0 aliphatic rings. The van der Waals surface area contributed by atoms with Crippen molar-refractivity contribution in [2.75, 3.05) is 11.1 Å². The van der Waals surface area contributed by atoms with E-state index in [9.17, 15) is 4.79 Å². The van der Waals surface area contributed by atoms with Crippen LogP contribution in [0.15, 0.2) is 41.6 Å². The molecule has 3 aromatic rings. The van der Waals surface area contributed by atoms with Crippen LogP contribution < -0.4 is 10.1 Å². The number of carbonyl (C=O) groups excluding carboxylic acids is 1. The molecular formula is C20H19Cl3N4O2S. The molecule has 0 radical (unpaired) electrons. The van der Waals surface area contributed by atoms with Gasteiger partial charge in [-0.3, -0.25) is 4.79 Å². The Balaban J connectivity index is 1.62. The number of aryl methyl sites for hydroxylation is 1. The summed E-state index contributed by atoms with van der Waals surface area (Å²) in [4.78, 5) is 12.3. The van der Waals surface area contributed by atoms with Gasteiger partial charge >= 0.3 is 0 Å². The van der Waals surface area contributed by atoms with Crippen LogP contribution in [0.1, 0.15) is 24.4 Å². The van der Waals surface area contributed by atoms with Crippen LogP contribution in [0.3, 0.4) is 0 Å². The molecule has 1 amide bonds. The lowest BCUT2D eigenvalue weighted by atomic mass is 10.2. The van der Waals surface area contributed by atoms with E-state index in [-0.39, 0.29) is 11.7 Å². The monoisotopic (exact) mass is 484 g/mol. The number of benzene rings is 2. The van der Waals surface area contributed by atoms with Gasteiger partial charge in [0.1, 0.15) is 5.75 Å². The van der Waals surface area contributed by atoms with Crippen molar-refractivity contribution in [2.24, 2.45) is 7.05 Å². The predicted octanol–water partition coefficient (Wildman–Crippen LogP) is 5.95. The maximum absolute atomic E-state index is 12.3. The molecule has 6 nitrogen and oxygen atoms in total. The highest BCUT2D eigenvalue weighted by Crippen LogP contribution is 2.31. The molecule has 158 valence electrons. The summed E-state index contributed by atoms with van der Waals surface area (Å²) in [7, 11) is 1.82. The smallest absolute Gasteiger partial charge is 0.234 e. The molecule has 0 bridgehead atoms. The minimum atomic E-state index is -0.421. The number of anilines is 1. The second-order valence-corrected chi connectivity index (χ2v) is 8.75. The summed E-state index contributed by atoms with van der Waals surface area (Å²) in [6, 6.07) is 10.4. The summed E-state index contributed by atoms with van der Waals surface area (Å²) >= 11 is 19.4. The van der Waals surface area contributed by atoms with Crippen LogP contribution in [0.4, 0.5) is 5.69 Å². The Kier molecular flexibility index (Phi) is 7.52. The first-order valence-corrected chi connectivity index (χ1v) is 11.1. The zero-order valence-electron chi connectivity index (χ0n) is 16.4. The van der Waals surface area contributed by atoms with Gasteiger partial charge in [0, 0.05) is 28.8 Å². The van der Waals surface area contributed by atoms with E-state index in [0.29, 0.717) is 37.5 Å². The summed E-state index contributed by atoms with van der Waals surface area (Å²) < 4.78 is 7.68. The molecule has 0 spiro atoms. The van der Waals surface area contributed by atoms with E-state index in [1.54, 1.807) is 34.9 Å². The number of rotatable bonds is 7. The highest BCUT2D eigenvalue weighted by molar-refractivity contribution is 7.99. The fourth-order valence-electron chi connectivity index (χ4n) is 2.66. The SMILES string of the molecule is Cc1ccc(Cl)cc1NC(=O)CSc1nnc(C(C)Oc2cc(Cl)ccc2Cl)n1C. The predicted molar refractivity (Wildman–Crippen MR) is 122 cm³/mol. The average molecular weight is 486 g/mol. The Bertz CT molecular complexity index is 1070. The van der Waals surface area contributed by atoms with Gasteiger partial charge in [0.25, 0.3) is 0 Å². The van der Waals surface area contributed by atoms with Gasteiger partial charge in [-0.2, -0.15) is 0 Å². The van der Waals surface area contributed by atoms with Gasteiger partial charge in [-0.1, -0.05) is 52.6 Å². The fraction of sp³-hybridized carbons (Fsp3) is 0.250. The minimum Gasteiger partial charge on any atom is -0.481 e. The maximum Gasteiger partial charge on any atom is 0.234 e. The van der Waals surface area contributed by atoms with E-state index in [0.717, 1.165) is 5.56 Å². The third kappa shape index (κ3) is 5.60. The first-order valence-electron chi connectivity index (χ1n) is 8.94. The number of hydrogen-bond acceptors (Lipinski definition) is 5. The van der Waals surface area contributed by atoms with Crippen molar-refractivity contribution in [3.63, 3.8) is 0 Å². The molecule has 10 heteroatoms. The largest absolute Gasteiger partial charge is 0.481 e. The van der Waals surface area contributed by atoms with Crippen molar-refractivity contribution in [2.45, 2.75) is 25.1 Å². The van der Waals surface area contributed by atoms with E-state index in [2.05, 4.69) is 15.5 Å². The molecule has 2 aromatic carbocycles. The third-order valence-electron chi connectivity index (χ3n) is 4.24. The molecule has 1 atom stereocenters. The van der Waals surface area contributed by atoms with Gasteiger partial charge in [0.15, 0.2) is 17.1 Å². The van der Waals surface area contributed by atoms with E-state index < -0.39 is 6.10 Å². The molecule has 3 rings (SSSR count). The zero-order valence-corrected chi connectivity index (χ0v) is 19.5. The summed E-state index contributed by atoms with van der Waals surface area (Å²) in [6.07, 6.45) is -0.421. The maximum atomic E-state index is 12.3. The highest BCUT2D eigenvalue weighted by atomic mass is 35.5. The number of halogens is 3. The number of ether oxygens (including phenoxy) is 1. The highest BCUT2D eigenvalue weighted by Gasteiger charge is 2.19. The lowest BCUT2D eigenvalue weighted by Gasteiger charge is -2.15. The number of hydrogen-bond donors (Lipinski definition) is 1. The Morgan fingerprint density at radius 1 is 1.17 bits per heavy atom. The zero-order chi connectivity index (χ0) is 21.8. The van der Waals surface area contributed by atoms with Gasteiger partial charge in [-0.05, 0) is 43.7 Å². The fourth-order valence-corrected chi connectivity index (χ4v) is 3.88. The topological polar surface area (TPSA) is 69.0 Å². The lowest BCUT2D eigenvalue weighted by molar-refractivity contribution is -0.113. The van der Waals surface area contributed by atoms with E-state index in [4.69, 9.17) is 39.5 Å². The van der Waals surface area contributed by atoms with E-state index >= 15 is 0 Å². The van der Waals surface area contributed by atoms with Gasteiger partial charge < -0.3 is 14.6 Å². The number of amides is 1. The number of aromatic nitrogens is 3. The number of thioether (sulfide) groups is 1. The molecule has 1 N–H and O–H groups in total. The van der Waals surface area contributed by atoms with Crippen molar-refractivity contribution >= 4 is 58.2 Å². The van der Waals surface area contributed by atoms with Crippen LogP contribution in [-0.4, -0.2) is 26.4 Å². The number of nitrogens with zero attached hydrogens (tertiary/aromatic N) is 3. The second-order valence-electron chi connectivity index (χ2n) is 6.53. The number of nitrogens with one attached hydrogen (secondary N) is 1. The molecular weight excluding hydrogens is 467 g/mol. The average Bonchev–Trinajstić information content (AvgIpc) is 3.06. The third-order valence-corrected chi connectivity index (χ3v) is 6.04. The standard InChI is InChI=1S/C20H19Cl3N4O2S/c1-11-4-5-13(21)8-16(11)24-18(28)10-30-20-26-25-19(27(20)3)12(2)29-17-9-14(22)6-7-15(17)23/h4-9,12H,10H2,1-3H3,(H,24,28). The summed E-state index contributed by atoms with van der Waals surface area (Å²) in [6.45, 7) is 3.74. The Hall–Kier alpha value is -1.93. The molecule has 0 saturated heterocycles. The molecule has 0 fully saturated rings. The second kappa shape index (κ2) is 9.92. The Labute approximate surface area is 193 Å². The van der Waals surface area contributed by atoms with Crippen molar-refractivity contribution in [1.82, 2.24) is 14.8 Å². The van der Waals surface area contributed by atoms with Crippen LogP contribution in [0, 0.1) is 6.92 Å². The molecule has 1 unspecified atom stereocenters. The normalized spacial score (nSPS) is 11.9. The van der Waals surface area contributed by atoms with Crippen LogP contribution in [0.2, 0.25) is 15.1 Å². The Morgan fingerprint density at radius 3 is 2.63 bits per heavy atom. The summed E-state index contributed by atoms with van der Waals surface area (Å²) in [5.41, 5.74) is 1.62. The first-order chi connectivity index (χ1) is 14.2. The van der Waals surface area contributed by atoms with Gasteiger partial charge in [-0.15, -0.1) is 10.2 Å². The van der Waals surface area contributed by atoms with Crippen LogP contribution >= 0.6 is 46.6 Å². The Morgan fingerprint density at radius 2 is 1.87 bits per heavy atom. The van der Waals surface area contributed by atoms with Crippen LogP contribution in [0.25, 0.3) is 0 Å². The first kappa shape index (κ1) is 22.7. The van der Waals surface area contributed by atoms with Gasteiger partial charge in [0.2, 0.25) is 5.91 Å². The molecule has 0 aliphatic carbocycles. The summed E-state index contributed by atoms with van der Waals surface area (Å²) in [5.74, 6) is 1.07. The molecule has 30 heavy (non-hydrogen) atoms. The number of carbonyl (C=O) groups is 1. The van der Waals surface area contributed by atoms with E-state index in [1.165, 1.54) is 11.8 Å². The summed E-state index contributed by atoms with van der Waals surface area (Å²) in [5, 5.41) is 13.4. The van der Waals surface area contributed by atoms with Crippen LogP contribution in [-0.2, 0) is 11.8 Å².